The number of piperidine rings is 1. The monoisotopic (exact) mass is 340 g/mol. The van der Waals surface area contributed by atoms with Crippen LogP contribution in [0.3, 0.4) is 0 Å². The molecular weight excluding hydrogens is 312 g/mol. The Bertz CT molecular complexity index is 764. The average Bonchev–Trinajstić information content (AvgIpc) is 3.08. The van der Waals surface area contributed by atoms with Crippen molar-refractivity contribution in [3.05, 3.63) is 30.0 Å². The maximum absolute atomic E-state index is 12.0. The zero-order chi connectivity index (χ0) is 17.4. The van der Waals surface area contributed by atoms with E-state index >= 15 is 0 Å². The molecule has 2 saturated heterocycles. The van der Waals surface area contributed by atoms with Crippen LogP contribution in [-0.4, -0.2) is 41.0 Å². The van der Waals surface area contributed by atoms with Crippen molar-refractivity contribution >= 4 is 16.7 Å². The fourth-order valence-corrected chi connectivity index (χ4v) is 4.96. The second-order valence-electron chi connectivity index (χ2n) is 7.56. The Morgan fingerprint density at radius 2 is 1.92 bits per heavy atom. The lowest BCUT2D eigenvalue weighted by molar-refractivity contribution is 0.101. The van der Waals surface area contributed by atoms with Crippen LogP contribution in [0.2, 0.25) is 0 Å². The number of hydrogen-bond acceptors (Lipinski definition) is 3. The van der Waals surface area contributed by atoms with Gasteiger partial charge in [-0.15, -0.1) is 0 Å². The number of Topliss-reactive ketones (excluding diaryl/α,β-unsaturated/α-hetero) is 1. The molecule has 4 nitrogen and oxygen atoms in total. The first-order chi connectivity index (χ1) is 12.2. The number of carbonyl (C=O) groups is 1. The third kappa shape index (κ3) is 2.97. The van der Waals surface area contributed by atoms with Crippen LogP contribution in [0.4, 0.5) is 0 Å². The molecule has 2 bridgehead atoms. The van der Waals surface area contributed by atoms with Gasteiger partial charge in [0.25, 0.3) is 0 Å². The van der Waals surface area contributed by atoms with Crippen molar-refractivity contribution in [3.63, 3.8) is 0 Å². The molecule has 25 heavy (non-hydrogen) atoms. The number of para-hydroxylation sites is 1. The summed E-state index contributed by atoms with van der Waals surface area (Å²) in [6.07, 6.45) is 10.1. The quantitative estimate of drug-likeness (QED) is 0.737. The van der Waals surface area contributed by atoms with Gasteiger partial charge in [-0.3, -0.25) is 9.69 Å². The van der Waals surface area contributed by atoms with Crippen molar-refractivity contribution in [2.75, 3.05) is 13.7 Å². The maximum Gasteiger partial charge on any atom is 0.161 e. The summed E-state index contributed by atoms with van der Waals surface area (Å²) < 4.78 is 7.78. The van der Waals surface area contributed by atoms with Gasteiger partial charge < -0.3 is 9.30 Å². The van der Waals surface area contributed by atoms with Crippen molar-refractivity contribution in [1.82, 2.24) is 9.47 Å². The van der Waals surface area contributed by atoms with E-state index < -0.39 is 0 Å². The molecule has 2 aliphatic rings. The second-order valence-corrected chi connectivity index (χ2v) is 7.56. The van der Waals surface area contributed by atoms with Gasteiger partial charge in [-0.1, -0.05) is 18.6 Å². The fourth-order valence-electron chi connectivity index (χ4n) is 4.96. The molecule has 0 unspecified atom stereocenters. The number of methoxy groups -OCH3 is 1. The van der Waals surface area contributed by atoms with Gasteiger partial charge in [0.05, 0.1) is 12.6 Å². The molecule has 2 aromatic rings. The number of ether oxygens (including phenoxy) is 1. The molecule has 0 amide bonds. The molecule has 4 rings (SSSR count). The molecule has 2 fully saturated rings. The molecule has 3 heterocycles. The first-order valence-corrected chi connectivity index (χ1v) is 9.61. The minimum Gasteiger partial charge on any atom is -0.495 e. The van der Waals surface area contributed by atoms with E-state index in [1.54, 1.807) is 14.0 Å². The van der Waals surface area contributed by atoms with E-state index in [2.05, 4.69) is 9.47 Å². The summed E-state index contributed by atoms with van der Waals surface area (Å²) in [7, 11) is 1.70. The van der Waals surface area contributed by atoms with Gasteiger partial charge in [0.1, 0.15) is 5.75 Å². The molecule has 4 heteroatoms. The first-order valence-electron chi connectivity index (χ1n) is 9.61. The molecule has 134 valence electrons. The highest BCUT2D eigenvalue weighted by molar-refractivity contribution is 6.08. The Morgan fingerprint density at radius 1 is 1.16 bits per heavy atom. The standard InChI is InChI=1S/C21H28N2O2/c1-15(24)19-14-22(21-18(19)8-4-9-20(21)25-2)12-5-13-23-16-6-3-7-17(23)11-10-16/h4,8-9,14,16-17H,3,5-7,10-13H2,1-2H3/t16-,17+. The SMILES string of the molecule is COc1cccc2c(C(C)=O)cn(CCCN3[C@@H]4CCC[C@H]3CC4)c12. The largest absolute Gasteiger partial charge is 0.495 e. The zero-order valence-electron chi connectivity index (χ0n) is 15.3. The van der Waals surface area contributed by atoms with Crippen LogP contribution in [0, 0.1) is 0 Å². The van der Waals surface area contributed by atoms with E-state index in [9.17, 15) is 4.79 Å². The lowest BCUT2D eigenvalue weighted by atomic mass is 10.0. The van der Waals surface area contributed by atoms with Crippen LogP contribution in [0.15, 0.2) is 24.4 Å². The minimum atomic E-state index is 0.117. The third-order valence-electron chi connectivity index (χ3n) is 6.12. The molecular formula is C21H28N2O2. The highest BCUT2D eigenvalue weighted by Crippen LogP contribution is 2.35. The smallest absolute Gasteiger partial charge is 0.161 e. The van der Waals surface area contributed by atoms with Gasteiger partial charge >= 0.3 is 0 Å². The molecule has 2 aliphatic heterocycles. The summed E-state index contributed by atoms with van der Waals surface area (Å²) in [5.74, 6) is 0.967. The Morgan fingerprint density at radius 3 is 2.60 bits per heavy atom. The molecule has 0 saturated carbocycles. The Kier molecular flexibility index (Phi) is 4.55. The summed E-state index contributed by atoms with van der Waals surface area (Å²) in [6.45, 7) is 3.74. The molecule has 0 spiro atoms. The minimum absolute atomic E-state index is 0.117. The average molecular weight is 340 g/mol. The lowest BCUT2D eigenvalue weighted by Crippen LogP contribution is -2.40. The predicted molar refractivity (Wildman–Crippen MR) is 100 cm³/mol. The number of nitrogens with zero attached hydrogens (tertiary/aromatic N) is 2. The van der Waals surface area contributed by atoms with Crippen molar-refractivity contribution in [1.29, 1.82) is 0 Å². The number of benzene rings is 1. The Labute approximate surface area is 149 Å². The molecule has 1 aromatic carbocycles. The van der Waals surface area contributed by atoms with Crippen molar-refractivity contribution in [3.8, 4) is 5.75 Å². The summed E-state index contributed by atoms with van der Waals surface area (Å²) in [5, 5.41) is 1.00. The summed E-state index contributed by atoms with van der Waals surface area (Å²) in [5.41, 5.74) is 1.85. The summed E-state index contributed by atoms with van der Waals surface area (Å²) in [4.78, 5) is 14.8. The maximum atomic E-state index is 12.0. The number of aryl methyl sites for hydroxylation is 1. The van der Waals surface area contributed by atoms with E-state index in [-0.39, 0.29) is 5.78 Å². The van der Waals surface area contributed by atoms with Gasteiger partial charge in [-0.2, -0.15) is 0 Å². The van der Waals surface area contributed by atoms with Crippen LogP contribution in [0.1, 0.15) is 55.8 Å². The van der Waals surface area contributed by atoms with Gasteiger partial charge in [0.2, 0.25) is 0 Å². The molecule has 2 atom stereocenters. The first kappa shape index (κ1) is 16.6. The van der Waals surface area contributed by atoms with Crippen LogP contribution >= 0.6 is 0 Å². The molecule has 0 radical (unpaired) electrons. The van der Waals surface area contributed by atoms with Crippen molar-refractivity contribution < 1.29 is 9.53 Å². The number of fused-ring (bicyclic) bond motifs is 3. The Balaban J connectivity index is 1.54. The van der Waals surface area contributed by atoms with Crippen LogP contribution in [0.5, 0.6) is 5.75 Å². The van der Waals surface area contributed by atoms with E-state index in [0.717, 1.165) is 47.3 Å². The van der Waals surface area contributed by atoms with Crippen LogP contribution < -0.4 is 4.74 Å². The fraction of sp³-hybridized carbons (Fsp3) is 0.571. The number of ketones is 1. The number of rotatable bonds is 6. The van der Waals surface area contributed by atoms with Gasteiger partial charge in [0, 0.05) is 42.3 Å². The summed E-state index contributed by atoms with van der Waals surface area (Å²) in [6, 6.07) is 7.61. The third-order valence-corrected chi connectivity index (χ3v) is 6.12. The predicted octanol–water partition coefficient (Wildman–Crippen LogP) is 4.26. The van der Waals surface area contributed by atoms with Gasteiger partial charge in [-0.05, 0) is 45.1 Å². The lowest BCUT2D eigenvalue weighted by Gasteiger charge is -2.34. The number of hydrogen-bond donors (Lipinski definition) is 0. The topological polar surface area (TPSA) is 34.5 Å². The van der Waals surface area contributed by atoms with E-state index in [1.165, 1.54) is 38.6 Å². The molecule has 0 aliphatic carbocycles. The van der Waals surface area contributed by atoms with E-state index in [4.69, 9.17) is 4.74 Å². The highest BCUT2D eigenvalue weighted by atomic mass is 16.5. The van der Waals surface area contributed by atoms with E-state index in [0.29, 0.717) is 0 Å². The van der Waals surface area contributed by atoms with Crippen LogP contribution in [0.25, 0.3) is 10.9 Å². The summed E-state index contributed by atoms with van der Waals surface area (Å²) >= 11 is 0. The zero-order valence-corrected chi connectivity index (χ0v) is 15.3. The Hall–Kier alpha value is -1.81. The normalized spacial score (nSPS) is 23.3. The van der Waals surface area contributed by atoms with Crippen molar-refractivity contribution in [2.45, 2.75) is 64.1 Å². The second kappa shape index (κ2) is 6.83. The van der Waals surface area contributed by atoms with Crippen molar-refractivity contribution in [2.24, 2.45) is 0 Å². The molecule has 0 N–H and O–H groups in total. The number of carbonyl (C=O) groups excluding carboxylic acids is 1. The van der Waals surface area contributed by atoms with E-state index in [1.807, 2.05) is 24.4 Å². The van der Waals surface area contributed by atoms with Crippen LogP contribution in [-0.2, 0) is 6.54 Å². The highest BCUT2D eigenvalue weighted by Gasteiger charge is 2.35. The van der Waals surface area contributed by atoms with Gasteiger partial charge in [0.15, 0.2) is 5.78 Å². The number of aromatic nitrogens is 1. The molecule has 1 aromatic heterocycles. The van der Waals surface area contributed by atoms with Gasteiger partial charge in [-0.25, -0.2) is 0 Å².